The van der Waals surface area contributed by atoms with Crippen LogP contribution >= 0.6 is 0 Å². The van der Waals surface area contributed by atoms with Gasteiger partial charge in [0.25, 0.3) is 10.2 Å². The van der Waals surface area contributed by atoms with Gasteiger partial charge in [0.1, 0.15) is 0 Å². The molecule has 5 nitrogen and oxygen atoms in total. The number of aliphatic hydroxyl groups excluding tert-OH is 1. The van der Waals surface area contributed by atoms with E-state index in [2.05, 4.69) is 4.72 Å². The molecule has 0 saturated heterocycles. The first-order valence-electron chi connectivity index (χ1n) is 5.77. The van der Waals surface area contributed by atoms with Gasteiger partial charge in [0.15, 0.2) is 0 Å². The summed E-state index contributed by atoms with van der Waals surface area (Å²) in [4.78, 5) is 0. The lowest BCUT2D eigenvalue weighted by molar-refractivity contribution is 0.212. The standard InChI is InChI=1S/C10H22N2O3S/c1-3-4-7-12(2)16(14,15)11-8-10(9-13)5-6-10/h11,13H,3-9H2,1-2H3. The Balaban J connectivity index is 2.39. The molecule has 0 spiro atoms. The zero-order valence-corrected chi connectivity index (χ0v) is 10.9. The van der Waals surface area contributed by atoms with Crippen LogP contribution in [0.1, 0.15) is 32.6 Å². The Labute approximate surface area is 98.0 Å². The van der Waals surface area contributed by atoms with E-state index < -0.39 is 10.2 Å². The molecule has 1 aliphatic carbocycles. The van der Waals surface area contributed by atoms with Crippen molar-refractivity contribution in [3.8, 4) is 0 Å². The maximum atomic E-state index is 11.8. The average Bonchev–Trinajstić information content (AvgIpc) is 3.04. The third-order valence-corrected chi connectivity index (χ3v) is 4.67. The van der Waals surface area contributed by atoms with E-state index in [-0.39, 0.29) is 12.0 Å². The molecule has 0 unspecified atom stereocenters. The number of aliphatic hydroxyl groups is 1. The van der Waals surface area contributed by atoms with Crippen LogP contribution in [0.25, 0.3) is 0 Å². The average molecular weight is 250 g/mol. The highest BCUT2D eigenvalue weighted by Gasteiger charge is 2.42. The highest BCUT2D eigenvalue weighted by atomic mass is 32.2. The highest BCUT2D eigenvalue weighted by molar-refractivity contribution is 7.87. The summed E-state index contributed by atoms with van der Waals surface area (Å²) in [7, 11) is -1.78. The molecular formula is C10H22N2O3S. The molecule has 0 amide bonds. The molecule has 6 heteroatoms. The van der Waals surface area contributed by atoms with Crippen molar-refractivity contribution in [2.24, 2.45) is 5.41 Å². The lowest BCUT2D eigenvalue weighted by atomic mass is 10.1. The second-order valence-corrected chi connectivity index (χ2v) is 6.52. The minimum atomic E-state index is -3.36. The molecular weight excluding hydrogens is 228 g/mol. The van der Waals surface area contributed by atoms with Crippen molar-refractivity contribution in [3.63, 3.8) is 0 Å². The molecule has 16 heavy (non-hydrogen) atoms. The predicted molar refractivity (Wildman–Crippen MR) is 63.2 cm³/mol. The van der Waals surface area contributed by atoms with E-state index >= 15 is 0 Å². The SMILES string of the molecule is CCCCN(C)S(=O)(=O)NCC1(CO)CC1. The second kappa shape index (κ2) is 5.44. The largest absolute Gasteiger partial charge is 0.396 e. The van der Waals surface area contributed by atoms with Gasteiger partial charge in [-0.05, 0) is 19.3 Å². The number of nitrogens with one attached hydrogen (secondary N) is 1. The third kappa shape index (κ3) is 3.69. The van der Waals surface area contributed by atoms with Crippen molar-refractivity contribution in [1.82, 2.24) is 9.03 Å². The van der Waals surface area contributed by atoms with E-state index in [1.807, 2.05) is 6.92 Å². The highest BCUT2D eigenvalue weighted by Crippen LogP contribution is 2.44. The summed E-state index contributed by atoms with van der Waals surface area (Å²) in [6.45, 7) is 2.98. The Morgan fingerprint density at radius 1 is 1.44 bits per heavy atom. The first-order valence-corrected chi connectivity index (χ1v) is 7.21. The predicted octanol–water partition coefficient (Wildman–Crippen LogP) is 0.325. The van der Waals surface area contributed by atoms with E-state index in [9.17, 15) is 8.42 Å². The summed E-state index contributed by atoms with van der Waals surface area (Å²) < 4.78 is 27.4. The van der Waals surface area contributed by atoms with Crippen LogP contribution in [0.15, 0.2) is 0 Å². The van der Waals surface area contributed by atoms with Crippen molar-refractivity contribution in [2.75, 3.05) is 26.7 Å². The maximum absolute atomic E-state index is 11.8. The molecule has 0 radical (unpaired) electrons. The summed E-state index contributed by atoms with van der Waals surface area (Å²) in [5.74, 6) is 0. The molecule has 1 fully saturated rings. The fraction of sp³-hybridized carbons (Fsp3) is 1.00. The Hall–Kier alpha value is -0.170. The third-order valence-electron chi connectivity index (χ3n) is 3.16. The van der Waals surface area contributed by atoms with Gasteiger partial charge in [-0.25, -0.2) is 4.72 Å². The number of nitrogens with zero attached hydrogens (tertiary/aromatic N) is 1. The quantitative estimate of drug-likeness (QED) is 0.652. The smallest absolute Gasteiger partial charge is 0.279 e. The lowest BCUT2D eigenvalue weighted by Crippen LogP contribution is -2.41. The topological polar surface area (TPSA) is 69.6 Å². The molecule has 96 valence electrons. The normalized spacial score (nSPS) is 19.0. The minimum absolute atomic E-state index is 0.0637. The summed E-state index contributed by atoms with van der Waals surface area (Å²) in [5.41, 5.74) is -0.182. The molecule has 0 heterocycles. The van der Waals surface area contributed by atoms with E-state index in [0.29, 0.717) is 13.1 Å². The van der Waals surface area contributed by atoms with Crippen LogP contribution in [-0.4, -0.2) is 44.6 Å². The van der Waals surface area contributed by atoms with Gasteiger partial charge in [0.05, 0.1) is 0 Å². The molecule has 1 saturated carbocycles. The first kappa shape index (κ1) is 13.9. The number of hydrogen-bond donors (Lipinski definition) is 2. The maximum Gasteiger partial charge on any atom is 0.279 e. The van der Waals surface area contributed by atoms with Gasteiger partial charge in [-0.15, -0.1) is 0 Å². The van der Waals surface area contributed by atoms with Gasteiger partial charge in [0, 0.05) is 32.2 Å². The molecule has 0 bridgehead atoms. The summed E-state index contributed by atoms with van der Waals surface area (Å²) in [6, 6.07) is 0. The molecule has 0 atom stereocenters. The lowest BCUT2D eigenvalue weighted by Gasteiger charge is -2.19. The van der Waals surface area contributed by atoms with Crippen molar-refractivity contribution >= 4 is 10.2 Å². The Kier molecular flexibility index (Phi) is 4.73. The van der Waals surface area contributed by atoms with Crippen molar-refractivity contribution in [1.29, 1.82) is 0 Å². The van der Waals surface area contributed by atoms with Crippen molar-refractivity contribution in [3.05, 3.63) is 0 Å². The molecule has 0 aromatic rings. The molecule has 0 aromatic carbocycles. The fourth-order valence-electron chi connectivity index (χ4n) is 1.42. The zero-order valence-electron chi connectivity index (χ0n) is 10.1. The van der Waals surface area contributed by atoms with Gasteiger partial charge in [-0.1, -0.05) is 13.3 Å². The van der Waals surface area contributed by atoms with Gasteiger partial charge < -0.3 is 5.11 Å². The van der Waals surface area contributed by atoms with Crippen LogP contribution in [0.2, 0.25) is 0 Å². The first-order chi connectivity index (χ1) is 7.46. The summed E-state index contributed by atoms with van der Waals surface area (Å²) >= 11 is 0. The van der Waals surface area contributed by atoms with E-state index in [1.54, 1.807) is 7.05 Å². The molecule has 0 aliphatic heterocycles. The van der Waals surface area contributed by atoms with E-state index in [0.717, 1.165) is 25.7 Å². The van der Waals surface area contributed by atoms with Gasteiger partial charge in [-0.2, -0.15) is 12.7 Å². The van der Waals surface area contributed by atoms with Crippen LogP contribution < -0.4 is 4.72 Å². The van der Waals surface area contributed by atoms with Crippen LogP contribution in [0.3, 0.4) is 0 Å². The minimum Gasteiger partial charge on any atom is -0.396 e. The van der Waals surface area contributed by atoms with Gasteiger partial charge >= 0.3 is 0 Å². The molecule has 1 rings (SSSR count). The van der Waals surface area contributed by atoms with Crippen molar-refractivity contribution in [2.45, 2.75) is 32.6 Å². The van der Waals surface area contributed by atoms with E-state index in [1.165, 1.54) is 4.31 Å². The van der Waals surface area contributed by atoms with Crippen LogP contribution in [0.5, 0.6) is 0 Å². The second-order valence-electron chi connectivity index (χ2n) is 4.66. The molecule has 1 aliphatic rings. The van der Waals surface area contributed by atoms with Crippen LogP contribution in [0, 0.1) is 5.41 Å². The Morgan fingerprint density at radius 2 is 2.06 bits per heavy atom. The van der Waals surface area contributed by atoms with Crippen LogP contribution in [-0.2, 0) is 10.2 Å². The number of unbranched alkanes of at least 4 members (excludes halogenated alkanes) is 1. The zero-order chi connectivity index (χ0) is 12.2. The van der Waals surface area contributed by atoms with Gasteiger partial charge in [0.2, 0.25) is 0 Å². The molecule has 2 N–H and O–H groups in total. The summed E-state index contributed by atoms with van der Waals surface area (Å²) in [6.07, 6.45) is 3.65. The number of rotatable bonds is 8. The monoisotopic (exact) mass is 250 g/mol. The Bertz CT molecular complexity index is 312. The fourth-order valence-corrected chi connectivity index (χ4v) is 2.50. The van der Waals surface area contributed by atoms with E-state index in [4.69, 9.17) is 5.11 Å². The summed E-state index contributed by atoms with van der Waals surface area (Å²) in [5, 5.41) is 9.08. The van der Waals surface area contributed by atoms with Gasteiger partial charge in [-0.3, -0.25) is 0 Å². The Morgan fingerprint density at radius 3 is 2.50 bits per heavy atom. The number of hydrogen-bond acceptors (Lipinski definition) is 3. The van der Waals surface area contributed by atoms with Crippen molar-refractivity contribution < 1.29 is 13.5 Å². The molecule has 0 aromatic heterocycles. The van der Waals surface area contributed by atoms with Crippen LogP contribution in [0.4, 0.5) is 0 Å².